The topological polar surface area (TPSA) is 69.6 Å². The van der Waals surface area contributed by atoms with Crippen LogP contribution >= 0.6 is 0 Å². The Labute approximate surface area is 185 Å². The zero-order valence-corrected chi connectivity index (χ0v) is 17.9. The quantitative estimate of drug-likeness (QED) is 0.633. The number of benzene rings is 2. The second kappa shape index (κ2) is 10.2. The molecule has 0 bridgehead atoms. The molecule has 3 rings (SSSR count). The van der Waals surface area contributed by atoms with E-state index < -0.39 is 23.6 Å². The number of halogens is 3. The molecule has 0 aromatic heterocycles. The zero-order chi connectivity index (χ0) is 23.3. The highest BCUT2D eigenvalue weighted by Gasteiger charge is 2.33. The highest BCUT2D eigenvalue weighted by Crippen LogP contribution is 2.36. The fourth-order valence-corrected chi connectivity index (χ4v) is 4.07. The highest BCUT2D eigenvalue weighted by atomic mass is 19.4. The van der Waals surface area contributed by atoms with Crippen LogP contribution in [0.25, 0.3) is 0 Å². The first-order valence-corrected chi connectivity index (χ1v) is 10.7. The van der Waals surface area contributed by atoms with Crippen molar-refractivity contribution in [2.45, 2.75) is 44.3 Å². The summed E-state index contributed by atoms with van der Waals surface area (Å²) in [6.45, 7) is 2.05. The van der Waals surface area contributed by atoms with Gasteiger partial charge in [-0.25, -0.2) is 0 Å². The van der Waals surface area contributed by atoms with E-state index in [1.807, 2.05) is 24.3 Å². The van der Waals surface area contributed by atoms with Gasteiger partial charge >= 0.3 is 18.0 Å². The van der Waals surface area contributed by atoms with E-state index in [0.29, 0.717) is 18.4 Å². The lowest BCUT2D eigenvalue weighted by Gasteiger charge is -2.29. The summed E-state index contributed by atoms with van der Waals surface area (Å²) in [5.74, 6) is -1.70. The minimum Gasteiger partial charge on any atom is -0.396 e. The SMILES string of the molecule is CC(CNC(=O)C(=O)N(CCCO)C1CCc2ccccc21)c1ccc(C(F)(F)F)cc1. The van der Waals surface area contributed by atoms with Gasteiger partial charge in [0.15, 0.2) is 0 Å². The van der Waals surface area contributed by atoms with Crippen LogP contribution in [-0.4, -0.2) is 41.5 Å². The lowest BCUT2D eigenvalue weighted by Crippen LogP contribution is -2.45. The summed E-state index contributed by atoms with van der Waals surface area (Å²) in [5, 5.41) is 11.9. The normalized spacial score (nSPS) is 16.3. The summed E-state index contributed by atoms with van der Waals surface area (Å²) in [6, 6.07) is 12.4. The molecule has 0 aliphatic heterocycles. The van der Waals surface area contributed by atoms with Crippen LogP contribution in [0.4, 0.5) is 13.2 Å². The minimum atomic E-state index is -4.40. The van der Waals surface area contributed by atoms with Crippen molar-refractivity contribution in [2.75, 3.05) is 19.7 Å². The molecule has 0 saturated heterocycles. The summed E-state index contributed by atoms with van der Waals surface area (Å²) in [4.78, 5) is 27.1. The van der Waals surface area contributed by atoms with Crippen LogP contribution in [0.5, 0.6) is 0 Å². The molecule has 0 heterocycles. The van der Waals surface area contributed by atoms with Gasteiger partial charge in [-0.3, -0.25) is 9.59 Å². The molecule has 0 spiro atoms. The van der Waals surface area contributed by atoms with Gasteiger partial charge < -0.3 is 15.3 Å². The predicted octanol–water partition coefficient (Wildman–Crippen LogP) is 3.82. The summed E-state index contributed by atoms with van der Waals surface area (Å²) in [6.07, 6.45) is -2.51. The van der Waals surface area contributed by atoms with E-state index in [9.17, 15) is 27.9 Å². The number of carbonyl (C=O) groups is 2. The Morgan fingerprint density at radius 3 is 2.50 bits per heavy atom. The lowest BCUT2D eigenvalue weighted by atomic mass is 9.99. The first-order valence-electron chi connectivity index (χ1n) is 10.7. The van der Waals surface area contributed by atoms with Gasteiger partial charge in [-0.1, -0.05) is 43.3 Å². The number of nitrogens with zero attached hydrogens (tertiary/aromatic N) is 1. The molecule has 2 N–H and O–H groups in total. The number of rotatable bonds is 7. The van der Waals surface area contributed by atoms with E-state index in [0.717, 1.165) is 29.7 Å². The smallest absolute Gasteiger partial charge is 0.396 e. The molecule has 2 atom stereocenters. The zero-order valence-electron chi connectivity index (χ0n) is 17.9. The van der Waals surface area contributed by atoms with Crippen molar-refractivity contribution in [3.63, 3.8) is 0 Å². The first kappa shape index (κ1) is 23.8. The largest absolute Gasteiger partial charge is 0.416 e. The van der Waals surface area contributed by atoms with E-state index in [1.54, 1.807) is 6.92 Å². The van der Waals surface area contributed by atoms with Crippen molar-refractivity contribution in [1.82, 2.24) is 10.2 Å². The highest BCUT2D eigenvalue weighted by molar-refractivity contribution is 6.35. The number of fused-ring (bicyclic) bond motifs is 1. The van der Waals surface area contributed by atoms with Gasteiger partial charge in [0, 0.05) is 19.7 Å². The molecule has 32 heavy (non-hydrogen) atoms. The second-order valence-electron chi connectivity index (χ2n) is 8.06. The van der Waals surface area contributed by atoms with E-state index in [2.05, 4.69) is 5.32 Å². The first-order chi connectivity index (χ1) is 15.2. The fraction of sp³-hybridized carbons (Fsp3) is 0.417. The molecule has 2 amide bonds. The molecule has 0 radical (unpaired) electrons. The Balaban J connectivity index is 1.64. The molecule has 172 valence electrons. The van der Waals surface area contributed by atoms with Gasteiger partial charge in [-0.15, -0.1) is 0 Å². The average Bonchev–Trinajstić information content (AvgIpc) is 3.21. The van der Waals surface area contributed by atoms with Crippen LogP contribution in [0.3, 0.4) is 0 Å². The van der Waals surface area contributed by atoms with Gasteiger partial charge in [0.25, 0.3) is 0 Å². The number of amides is 2. The van der Waals surface area contributed by atoms with Gasteiger partial charge in [0.1, 0.15) is 0 Å². The second-order valence-corrected chi connectivity index (χ2v) is 8.06. The van der Waals surface area contributed by atoms with E-state index in [1.165, 1.54) is 17.0 Å². The molecule has 2 aromatic rings. The molecular formula is C24H27F3N2O3. The maximum atomic E-state index is 13.0. The maximum Gasteiger partial charge on any atom is 0.416 e. The van der Waals surface area contributed by atoms with Crippen molar-refractivity contribution in [3.05, 3.63) is 70.8 Å². The minimum absolute atomic E-state index is 0.0925. The summed E-state index contributed by atoms with van der Waals surface area (Å²) < 4.78 is 38.2. The summed E-state index contributed by atoms with van der Waals surface area (Å²) >= 11 is 0. The van der Waals surface area contributed by atoms with Gasteiger partial charge in [0.05, 0.1) is 11.6 Å². The third-order valence-corrected chi connectivity index (χ3v) is 5.87. The molecule has 2 aromatic carbocycles. The van der Waals surface area contributed by atoms with Crippen LogP contribution < -0.4 is 5.32 Å². The molecule has 1 aliphatic rings. The number of carbonyl (C=O) groups excluding carboxylic acids is 2. The van der Waals surface area contributed by atoms with Crippen molar-refractivity contribution in [3.8, 4) is 0 Å². The van der Waals surface area contributed by atoms with Gasteiger partial charge in [0.2, 0.25) is 0 Å². The van der Waals surface area contributed by atoms with Gasteiger partial charge in [-0.2, -0.15) is 13.2 Å². The third-order valence-electron chi connectivity index (χ3n) is 5.87. The number of alkyl halides is 3. The van der Waals surface area contributed by atoms with Gasteiger partial charge in [-0.05, 0) is 54.0 Å². The number of nitrogens with one attached hydrogen (secondary N) is 1. The molecule has 5 nitrogen and oxygen atoms in total. The molecule has 0 saturated carbocycles. The van der Waals surface area contributed by atoms with Crippen LogP contribution in [0, 0.1) is 0 Å². The Kier molecular flexibility index (Phi) is 7.56. The van der Waals surface area contributed by atoms with Crippen LogP contribution in [0.1, 0.15) is 54.0 Å². The number of hydrogen-bond donors (Lipinski definition) is 2. The fourth-order valence-electron chi connectivity index (χ4n) is 4.07. The van der Waals surface area contributed by atoms with Crippen LogP contribution in [0.15, 0.2) is 48.5 Å². The summed E-state index contributed by atoms with van der Waals surface area (Å²) in [7, 11) is 0. The molecule has 2 unspecified atom stereocenters. The van der Waals surface area contributed by atoms with Crippen LogP contribution in [0.2, 0.25) is 0 Å². The lowest BCUT2D eigenvalue weighted by molar-refractivity contribution is -0.147. The number of hydrogen-bond acceptors (Lipinski definition) is 3. The number of aliphatic hydroxyl groups is 1. The monoisotopic (exact) mass is 448 g/mol. The van der Waals surface area contributed by atoms with E-state index in [4.69, 9.17) is 0 Å². The molecular weight excluding hydrogens is 421 g/mol. The van der Waals surface area contributed by atoms with E-state index in [-0.39, 0.29) is 31.7 Å². The van der Waals surface area contributed by atoms with Crippen molar-refractivity contribution in [1.29, 1.82) is 0 Å². The summed E-state index contributed by atoms with van der Waals surface area (Å²) in [5.41, 5.74) is 2.07. The number of aryl methyl sites for hydroxylation is 1. The Morgan fingerprint density at radius 1 is 1.16 bits per heavy atom. The Morgan fingerprint density at radius 2 is 1.84 bits per heavy atom. The molecule has 8 heteroatoms. The Bertz CT molecular complexity index is 944. The number of aliphatic hydroxyl groups excluding tert-OH is 1. The molecule has 0 fully saturated rings. The predicted molar refractivity (Wildman–Crippen MR) is 114 cm³/mol. The van der Waals surface area contributed by atoms with Crippen molar-refractivity contribution >= 4 is 11.8 Å². The Hall–Kier alpha value is -2.87. The average molecular weight is 448 g/mol. The third kappa shape index (κ3) is 5.48. The standard InChI is InChI=1S/C24H27F3N2O3/c1-16(17-7-10-19(11-8-17)24(25,26)27)15-28-22(31)23(32)29(13-4-14-30)21-12-9-18-5-2-3-6-20(18)21/h2-3,5-8,10-11,16,21,30H,4,9,12-15H2,1H3,(H,28,31). The van der Waals surface area contributed by atoms with Crippen molar-refractivity contribution in [2.24, 2.45) is 0 Å². The van der Waals surface area contributed by atoms with E-state index >= 15 is 0 Å². The maximum absolute atomic E-state index is 13.0. The van der Waals surface area contributed by atoms with Crippen LogP contribution in [-0.2, 0) is 22.2 Å². The molecule has 1 aliphatic carbocycles. The van der Waals surface area contributed by atoms with Crippen molar-refractivity contribution < 1.29 is 27.9 Å².